The Labute approximate surface area is 123 Å². The van der Waals surface area contributed by atoms with Gasteiger partial charge in [-0.25, -0.2) is 9.18 Å². The van der Waals surface area contributed by atoms with Crippen molar-refractivity contribution in [2.75, 3.05) is 0 Å². The fraction of sp³-hybridized carbons (Fsp3) is 0.467. The predicted octanol–water partition coefficient (Wildman–Crippen LogP) is 2.21. The third kappa shape index (κ3) is 5.06. The van der Waals surface area contributed by atoms with Crippen LogP contribution in [0, 0.1) is 11.7 Å². The number of hydrogen-bond donors (Lipinski definition) is 2. The Morgan fingerprint density at radius 2 is 2.05 bits per heavy atom. The molecule has 0 spiro atoms. The van der Waals surface area contributed by atoms with Crippen molar-refractivity contribution in [2.24, 2.45) is 5.92 Å². The third-order valence-corrected chi connectivity index (χ3v) is 3.25. The zero-order valence-electron chi connectivity index (χ0n) is 12.3. The normalized spacial score (nSPS) is 14.9. The van der Waals surface area contributed by atoms with Crippen LogP contribution >= 0.6 is 0 Å². The summed E-state index contributed by atoms with van der Waals surface area (Å²) in [6.07, 6.45) is -0.297. The molecule has 0 aliphatic carbocycles. The van der Waals surface area contributed by atoms with E-state index in [0.29, 0.717) is 6.42 Å². The quantitative estimate of drug-likeness (QED) is 0.809. The summed E-state index contributed by atoms with van der Waals surface area (Å²) in [5.74, 6) is -2.09. The second-order valence-electron chi connectivity index (χ2n) is 4.93. The van der Waals surface area contributed by atoms with Gasteiger partial charge < -0.3 is 15.2 Å². The molecule has 5 nitrogen and oxygen atoms in total. The van der Waals surface area contributed by atoms with Crippen molar-refractivity contribution in [3.05, 3.63) is 30.1 Å². The highest BCUT2D eigenvalue weighted by molar-refractivity contribution is 5.86. The number of carboxylic acids is 1. The maximum Gasteiger partial charge on any atom is 0.326 e. The van der Waals surface area contributed by atoms with Crippen molar-refractivity contribution in [1.29, 1.82) is 0 Å². The highest BCUT2D eigenvalue weighted by atomic mass is 19.1. The Balaban J connectivity index is 2.67. The van der Waals surface area contributed by atoms with E-state index in [1.807, 2.05) is 6.92 Å². The summed E-state index contributed by atoms with van der Waals surface area (Å²) >= 11 is 0. The van der Waals surface area contributed by atoms with Gasteiger partial charge >= 0.3 is 5.97 Å². The SMILES string of the molecule is CCC(C)[C@H](NC(=O)C(C)Oc1cccc(F)c1)C(=O)O. The van der Waals surface area contributed by atoms with Gasteiger partial charge in [0.2, 0.25) is 0 Å². The second kappa shape index (κ2) is 7.61. The summed E-state index contributed by atoms with van der Waals surface area (Å²) in [5, 5.41) is 11.6. The summed E-state index contributed by atoms with van der Waals surface area (Å²) in [6.45, 7) is 5.08. The molecule has 2 N–H and O–H groups in total. The van der Waals surface area contributed by atoms with E-state index in [9.17, 15) is 14.0 Å². The number of aliphatic carboxylic acids is 1. The van der Waals surface area contributed by atoms with Gasteiger partial charge in [0.15, 0.2) is 6.10 Å². The van der Waals surface area contributed by atoms with Crippen LogP contribution in [0.4, 0.5) is 4.39 Å². The van der Waals surface area contributed by atoms with Gasteiger partial charge in [0.05, 0.1) is 0 Å². The van der Waals surface area contributed by atoms with Crippen molar-refractivity contribution in [3.8, 4) is 5.75 Å². The monoisotopic (exact) mass is 297 g/mol. The zero-order chi connectivity index (χ0) is 16.0. The Hall–Kier alpha value is -2.11. The van der Waals surface area contributed by atoms with Gasteiger partial charge in [-0.3, -0.25) is 4.79 Å². The van der Waals surface area contributed by atoms with Gasteiger partial charge in [0, 0.05) is 6.07 Å². The van der Waals surface area contributed by atoms with E-state index in [-0.39, 0.29) is 11.7 Å². The summed E-state index contributed by atoms with van der Waals surface area (Å²) in [6, 6.07) is 4.44. The molecule has 1 aromatic rings. The molecule has 0 bridgehead atoms. The highest BCUT2D eigenvalue weighted by Crippen LogP contribution is 2.14. The number of amides is 1. The largest absolute Gasteiger partial charge is 0.481 e. The Morgan fingerprint density at radius 1 is 1.38 bits per heavy atom. The van der Waals surface area contributed by atoms with Crippen LogP contribution < -0.4 is 10.1 Å². The van der Waals surface area contributed by atoms with Gasteiger partial charge in [-0.1, -0.05) is 26.3 Å². The van der Waals surface area contributed by atoms with Gasteiger partial charge in [-0.05, 0) is 25.0 Å². The zero-order valence-corrected chi connectivity index (χ0v) is 12.3. The maximum absolute atomic E-state index is 13.0. The molecule has 116 valence electrons. The van der Waals surface area contributed by atoms with Crippen molar-refractivity contribution in [2.45, 2.75) is 39.3 Å². The minimum absolute atomic E-state index is 0.201. The first-order chi connectivity index (χ1) is 9.85. The highest BCUT2D eigenvalue weighted by Gasteiger charge is 2.27. The maximum atomic E-state index is 13.0. The van der Waals surface area contributed by atoms with Gasteiger partial charge in [0.25, 0.3) is 5.91 Å². The van der Waals surface area contributed by atoms with Crippen LogP contribution in [0.5, 0.6) is 5.75 Å². The fourth-order valence-corrected chi connectivity index (χ4v) is 1.75. The standard InChI is InChI=1S/C15H20FNO4/c1-4-9(2)13(15(19)20)17-14(18)10(3)21-12-7-5-6-11(16)8-12/h5-10,13H,4H2,1-3H3,(H,17,18)(H,19,20)/t9?,10?,13-/m0/s1. The number of hydrogen-bond acceptors (Lipinski definition) is 3. The molecule has 3 atom stereocenters. The Kier molecular flexibility index (Phi) is 6.14. The summed E-state index contributed by atoms with van der Waals surface area (Å²) in [5.41, 5.74) is 0. The molecule has 0 radical (unpaired) electrons. The van der Waals surface area contributed by atoms with Crippen molar-refractivity contribution in [3.63, 3.8) is 0 Å². The van der Waals surface area contributed by atoms with Crippen LogP contribution in [0.2, 0.25) is 0 Å². The van der Waals surface area contributed by atoms with E-state index in [1.165, 1.54) is 25.1 Å². The molecule has 0 fully saturated rings. The number of ether oxygens (including phenoxy) is 1. The predicted molar refractivity (Wildman–Crippen MR) is 75.5 cm³/mol. The molecule has 0 saturated carbocycles. The van der Waals surface area contributed by atoms with Gasteiger partial charge in [-0.2, -0.15) is 0 Å². The second-order valence-corrected chi connectivity index (χ2v) is 4.93. The molecule has 1 aromatic carbocycles. The lowest BCUT2D eigenvalue weighted by molar-refractivity contribution is -0.144. The van der Waals surface area contributed by atoms with Crippen molar-refractivity contribution in [1.82, 2.24) is 5.32 Å². The lowest BCUT2D eigenvalue weighted by atomic mass is 9.99. The smallest absolute Gasteiger partial charge is 0.326 e. The minimum Gasteiger partial charge on any atom is -0.481 e. The van der Waals surface area contributed by atoms with E-state index in [2.05, 4.69) is 5.32 Å². The van der Waals surface area contributed by atoms with E-state index < -0.39 is 29.8 Å². The third-order valence-electron chi connectivity index (χ3n) is 3.25. The molecule has 0 saturated heterocycles. The van der Waals surface area contributed by atoms with E-state index in [4.69, 9.17) is 9.84 Å². The Morgan fingerprint density at radius 3 is 2.57 bits per heavy atom. The fourth-order valence-electron chi connectivity index (χ4n) is 1.75. The average molecular weight is 297 g/mol. The number of rotatable bonds is 7. The average Bonchev–Trinajstić information content (AvgIpc) is 2.43. The van der Waals surface area contributed by atoms with Crippen molar-refractivity contribution >= 4 is 11.9 Å². The molecule has 2 unspecified atom stereocenters. The summed E-state index contributed by atoms with van der Waals surface area (Å²) in [7, 11) is 0. The molecule has 0 aliphatic rings. The van der Waals surface area contributed by atoms with Crippen LogP contribution in [-0.2, 0) is 9.59 Å². The molecule has 6 heteroatoms. The van der Waals surface area contributed by atoms with E-state index in [0.717, 1.165) is 6.07 Å². The Bertz CT molecular complexity index is 506. The molecule has 0 heterocycles. The number of carbonyl (C=O) groups is 2. The number of benzene rings is 1. The van der Waals surface area contributed by atoms with Crippen LogP contribution in [0.25, 0.3) is 0 Å². The van der Waals surface area contributed by atoms with Gasteiger partial charge in [0.1, 0.15) is 17.6 Å². The lowest BCUT2D eigenvalue weighted by Gasteiger charge is -2.22. The van der Waals surface area contributed by atoms with E-state index >= 15 is 0 Å². The van der Waals surface area contributed by atoms with Crippen molar-refractivity contribution < 1.29 is 23.8 Å². The van der Waals surface area contributed by atoms with Gasteiger partial charge in [-0.15, -0.1) is 0 Å². The number of carbonyl (C=O) groups excluding carboxylic acids is 1. The topological polar surface area (TPSA) is 75.6 Å². The minimum atomic E-state index is -1.09. The summed E-state index contributed by atoms with van der Waals surface area (Å²) in [4.78, 5) is 23.1. The first kappa shape index (κ1) is 16.9. The number of carboxylic acid groups (broad SMARTS) is 1. The number of halogens is 1. The first-order valence-corrected chi connectivity index (χ1v) is 6.80. The van der Waals surface area contributed by atoms with E-state index in [1.54, 1.807) is 6.92 Å². The molecule has 1 amide bonds. The molecular weight excluding hydrogens is 277 g/mol. The molecule has 21 heavy (non-hydrogen) atoms. The molecular formula is C15H20FNO4. The van der Waals surface area contributed by atoms with Crippen LogP contribution in [0.1, 0.15) is 27.2 Å². The molecule has 0 aliphatic heterocycles. The summed E-state index contributed by atoms with van der Waals surface area (Å²) < 4.78 is 18.3. The molecule has 0 aromatic heterocycles. The number of nitrogens with one attached hydrogen (secondary N) is 1. The first-order valence-electron chi connectivity index (χ1n) is 6.80. The van der Waals surface area contributed by atoms with Crippen LogP contribution in [0.15, 0.2) is 24.3 Å². The molecule has 1 rings (SSSR count). The lowest BCUT2D eigenvalue weighted by Crippen LogP contribution is -2.49. The van der Waals surface area contributed by atoms with Crippen LogP contribution in [0.3, 0.4) is 0 Å². The van der Waals surface area contributed by atoms with Crippen LogP contribution in [-0.4, -0.2) is 29.1 Å².